The first-order valence-corrected chi connectivity index (χ1v) is 30.8. The first-order valence-electron chi connectivity index (χ1n) is 28.3. The number of rotatable bonds is 20. The van der Waals surface area contributed by atoms with E-state index in [-0.39, 0.29) is 104 Å². The summed E-state index contributed by atoms with van der Waals surface area (Å²) >= 11 is 0.923. The number of carbonyl (C=O) groups is 9. The Morgan fingerprint density at radius 2 is 1.59 bits per heavy atom. The molecule has 466 valence electrons. The number of nitrogens with two attached hydrogens (primary N) is 1. The quantitative estimate of drug-likeness (QED) is 0.0360. The van der Waals surface area contributed by atoms with E-state index in [1.807, 2.05) is 12.1 Å². The van der Waals surface area contributed by atoms with Gasteiger partial charge in [-0.1, -0.05) is 12.1 Å². The Bertz CT molecular complexity index is 3650. The Morgan fingerprint density at radius 3 is 2.29 bits per heavy atom. The maximum absolute atomic E-state index is 14.8. The average Bonchev–Trinajstić information content (AvgIpc) is 1.76. The summed E-state index contributed by atoms with van der Waals surface area (Å²) in [4.78, 5) is 149. The van der Waals surface area contributed by atoms with Gasteiger partial charge in [0.15, 0.2) is 11.6 Å². The predicted molar refractivity (Wildman–Crippen MR) is 305 cm³/mol. The summed E-state index contributed by atoms with van der Waals surface area (Å²) in [7, 11) is -2.57. The molecule has 0 aliphatic carbocycles. The summed E-state index contributed by atoms with van der Waals surface area (Å²) in [6, 6.07) is 6.51. The lowest BCUT2D eigenvalue weighted by molar-refractivity contribution is -0.144. The number of imide groups is 1. The second kappa shape index (κ2) is 26.8. The van der Waals surface area contributed by atoms with Crippen molar-refractivity contribution in [1.29, 1.82) is 0 Å². The predicted octanol–water partition coefficient (Wildman–Crippen LogP) is 4.27. The third-order valence-electron chi connectivity index (χ3n) is 16.5. The van der Waals surface area contributed by atoms with Crippen LogP contribution in [-0.4, -0.2) is 152 Å². The molecule has 0 saturated carbocycles. The zero-order valence-electron chi connectivity index (χ0n) is 47.3. The summed E-state index contributed by atoms with van der Waals surface area (Å²) in [5, 5.41) is 10.6. The van der Waals surface area contributed by atoms with Gasteiger partial charge < -0.3 is 50.5 Å². The Labute approximate surface area is 498 Å². The number of likely N-dealkylation sites (tertiary alicyclic amines) is 1. The molecule has 4 saturated heterocycles. The molecule has 24 nitrogen and oxygen atoms in total. The molecule has 0 bridgehead atoms. The number of nitrogens with zero attached hydrogens (tertiary/aromatic N) is 5. The number of aromatic nitrogens is 2. The molecule has 87 heavy (non-hydrogen) atoms. The summed E-state index contributed by atoms with van der Waals surface area (Å²) < 4.78 is 79.8. The number of benzene rings is 3. The number of hydrogen-bond donors (Lipinski definition) is 6. The summed E-state index contributed by atoms with van der Waals surface area (Å²) in [5.41, 5.74) is 7.49. The highest BCUT2D eigenvalue weighted by Gasteiger charge is 2.47. The standard InChI is InChI=1S/C57H65F4N10O14PS/c1-67-44-26-31(7-12-41(44)71(56(67)80)43-14-17-48(73)66-51(43)76)5-3-4-30-18-21-68(22-19-30)53(78)39(25-32-6-10-36(58)37(59)24-32)64-49(74)38(11-16-47(62)72)63-50(75)42-13-8-34-20-23-69(57(81)84-2)29-40(54(79)70(34)42)65-52(77)46-28-33-27-35(9-15-45(33)87-46)85-86(82,83)55(60)61/h6-7,9-10,12,15,24,26-28,30,34,38-40,42-43,55H,3-5,8,11,13-14,16-23,25,29H2,1-2H3,(H2,62,72)(H,63,75)(H,64,74)(H,65,77)(H,82,83)(H,66,73,76)/t34-,38?,39?,40+,42+,43?/m1/s1. The number of piperidine rings is 2. The third-order valence-corrected chi connectivity index (χ3v) is 18.5. The molecule has 7 N–H and O–H groups in total. The first-order chi connectivity index (χ1) is 41.4. The van der Waals surface area contributed by atoms with Crippen LogP contribution in [0, 0.1) is 17.6 Å². The molecule has 9 amide bonds. The van der Waals surface area contributed by atoms with Crippen molar-refractivity contribution in [1.82, 2.24) is 45.1 Å². The molecule has 30 heteroatoms. The van der Waals surface area contributed by atoms with Gasteiger partial charge in [0, 0.05) is 56.7 Å². The Morgan fingerprint density at radius 1 is 0.851 bits per heavy atom. The lowest BCUT2D eigenvalue weighted by Gasteiger charge is -2.38. The van der Waals surface area contributed by atoms with Crippen LogP contribution in [-0.2, 0) is 62.8 Å². The van der Waals surface area contributed by atoms with Gasteiger partial charge in [-0.05, 0) is 135 Å². The number of primary amides is 1. The number of methoxy groups -OCH3 is 1. The van der Waals surface area contributed by atoms with Crippen LogP contribution < -0.4 is 37.2 Å². The zero-order chi connectivity index (χ0) is 62.6. The molecule has 2 aromatic heterocycles. The van der Waals surface area contributed by atoms with Crippen LogP contribution in [0.1, 0.15) is 97.5 Å². The maximum atomic E-state index is 14.8. The Kier molecular flexibility index (Phi) is 19.5. The van der Waals surface area contributed by atoms with Crippen LogP contribution in [0.2, 0.25) is 0 Å². The fourth-order valence-corrected chi connectivity index (χ4v) is 13.3. The fraction of sp³-hybridized carbons (Fsp3) is 0.474. The highest BCUT2D eigenvalue weighted by atomic mass is 32.1. The van der Waals surface area contributed by atoms with E-state index >= 15 is 0 Å². The van der Waals surface area contributed by atoms with E-state index in [4.69, 9.17) is 10.5 Å². The second-order valence-electron chi connectivity index (χ2n) is 22.2. The molecule has 9 rings (SSSR count). The minimum absolute atomic E-state index is 0.00211. The lowest BCUT2D eigenvalue weighted by Crippen LogP contribution is -2.62. The van der Waals surface area contributed by atoms with Gasteiger partial charge in [-0.3, -0.25) is 52.8 Å². The monoisotopic (exact) mass is 1250 g/mol. The van der Waals surface area contributed by atoms with E-state index in [0.717, 1.165) is 55.1 Å². The minimum Gasteiger partial charge on any atom is -0.453 e. The van der Waals surface area contributed by atoms with E-state index in [1.54, 1.807) is 18.0 Å². The number of nitrogens with one attached hydrogen (secondary N) is 4. The number of fused-ring (bicyclic) bond motifs is 3. The average molecular weight is 1250 g/mol. The molecule has 4 aliphatic heterocycles. The lowest BCUT2D eigenvalue weighted by atomic mass is 9.90. The molecule has 5 aromatic rings. The van der Waals surface area contributed by atoms with Crippen LogP contribution in [0.15, 0.2) is 65.5 Å². The second-order valence-corrected chi connectivity index (χ2v) is 25.0. The maximum Gasteiger partial charge on any atom is 0.442 e. The van der Waals surface area contributed by atoms with Gasteiger partial charge in [-0.25, -0.2) is 22.9 Å². The van der Waals surface area contributed by atoms with Crippen molar-refractivity contribution in [2.24, 2.45) is 18.7 Å². The number of halogens is 4. The van der Waals surface area contributed by atoms with Crippen molar-refractivity contribution in [3.05, 3.63) is 98.8 Å². The smallest absolute Gasteiger partial charge is 0.442 e. The van der Waals surface area contributed by atoms with Crippen molar-refractivity contribution in [3.63, 3.8) is 0 Å². The van der Waals surface area contributed by atoms with Gasteiger partial charge in [0.25, 0.3) is 5.91 Å². The van der Waals surface area contributed by atoms with Gasteiger partial charge in [0.05, 0.1) is 29.6 Å². The first kappa shape index (κ1) is 63.3. The number of thiophene rings is 1. The zero-order valence-corrected chi connectivity index (χ0v) is 49.1. The number of aryl methyl sites for hydroxylation is 2. The molecular formula is C57H65F4N10O14PS. The van der Waals surface area contributed by atoms with Gasteiger partial charge in [0.2, 0.25) is 41.4 Å². The van der Waals surface area contributed by atoms with E-state index in [1.165, 1.54) is 43.2 Å². The summed E-state index contributed by atoms with van der Waals surface area (Å²) in [6.07, 6.45) is -1.40. The highest BCUT2D eigenvalue weighted by Crippen LogP contribution is 2.49. The van der Waals surface area contributed by atoms with Crippen LogP contribution in [0.3, 0.4) is 0 Å². The highest BCUT2D eigenvalue weighted by molar-refractivity contribution is 7.53. The Balaban J connectivity index is 0.865. The minimum atomic E-state index is -5.33. The molecule has 4 aliphatic rings. The van der Waals surface area contributed by atoms with Gasteiger partial charge >= 0.3 is 25.5 Å². The third kappa shape index (κ3) is 14.5. The van der Waals surface area contributed by atoms with E-state index in [2.05, 4.69) is 25.8 Å². The van der Waals surface area contributed by atoms with E-state index in [0.29, 0.717) is 35.0 Å². The van der Waals surface area contributed by atoms with Crippen molar-refractivity contribution >= 4 is 93.4 Å². The number of alkyl halides is 2. The normalized spacial score (nSPS) is 20.7. The number of carbonyl (C=O) groups excluding carboxylic acids is 9. The molecule has 4 unspecified atom stereocenters. The van der Waals surface area contributed by atoms with Crippen LogP contribution in [0.25, 0.3) is 21.1 Å². The van der Waals surface area contributed by atoms with Gasteiger partial charge in [-0.15, -0.1) is 11.3 Å². The largest absolute Gasteiger partial charge is 0.453 e. The molecule has 6 heterocycles. The molecular weight excluding hydrogens is 1190 g/mol. The van der Waals surface area contributed by atoms with Crippen LogP contribution in [0.5, 0.6) is 5.75 Å². The summed E-state index contributed by atoms with van der Waals surface area (Å²) in [6.45, 7) is 0.170. The van der Waals surface area contributed by atoms with Crippen molar-refractivity contribution in [2.75, 3.05) is 33.3 Å². The Hall–Kier alpha value is -8.17. The van der Waals surface area contributed by atoms with Crippen LogP contribution in [0.4, 0.5) is 22.4 Å². The number of imidazole rings is 1. The SMILES string of the molecule is COC(=O)N1CC[C@H]2CC[C@@H](C(=O)NC(CCC(N)=O)C(=O)NC(Cc3ccc(F)c(F)c3)C(=O)N3CCC(CCCc4ccc5c(c4)n(C)c(=O)n5C4CCC(=O)NC4=O)CC3)N2C(=O)[C@@H](NC(=O)c2cc3cc(OP(=O)(O)C(F)F)ccc3s2)C1. The molecule has 4 fully saturated rings. The number of ether oxygens (including phenoxy) is 1. The van der Waals surface area contributed by atoms with E-state index in [9.17, 15) is 75.0 Å². The molecule has 7 atom stereocenters. The van der Waals surface area contributed by atoms with Crippen molar-refractivity contribution in [2.45, 2.75) is 126 Å². The molecule has 0 spiro atoms. The van der Waals surface area contributed by atoms with Crippen molar-refractivity contribution in [3.8, 4) is 5.75 Å². The fourth-order valence-electron chi connectivity index (χ4n) is 11.9. The number of hydrogen-bond acceptors (Lipinski definition) is 14. The van der Waals surface area contributed by atoms with Crippen LogP contribution >= 0.6 is 18.9 Å². The summed E-state index contributed by atoms with van der Waals surface area (Å²) in [5.74, 6) is -8.18. The van der Waals surface area contributed by atoms with E-state index < -0.39 is 122 Å². The van der Waals surface area contributed by atoms with Gasteiger partial charge in [-0.2, -0.15) is 8.78 Å². The van der Waals surface area contributed by atoms with Crippen molar-refractivity contribution < 1.29 is 79.4 Å². The number of amides is 9. The molecule has 0 radical (unpaired) electrons. The molecule has 3 aromatic carbocycles. The van der Waals surface area contributed by atoms with Gasteiger partial charge in [0.1, 0.15) is 36.0 Å². The topological polar surface area (TPSA) is 320 Å².